The average Bonchev–Trinajstić information content (AvgIpc) is 2.59. The van der Waals surface area contributed by atoms with Crippen LogP contribution in [0.1, 0.15) is 34.1 Å². The van der Waals surface area contributed by atoms with Gasteiger partial charge in [-0.2, -0.15) is 0 Å². The molecule has 2 aromatic rings. The Morgan fingerprint density at radius 1 is 1.26 bits per heavy atom. The Kier molecular flexibility index (Phi) is 4.43. The molecule has 0 fully saturated rings. The van der Waals surface area contributed by atoms with Crippen LogP contribution in [0.3, 0.4) is 0 Å². The molecule has 6 heteroatoms. The predicted octanol–water partition coefficient (Wildman–Crippen LogP) is 1.20. The van der Waals surface area contributed by atoms with Gasteiger partial charge < -0.3 is 20.7 Å². The maximum Gasteiger partial charge on any atom is 0.253 e. The van der Waals surface area contributed by atoms with Crippen LogP contribution in [0.25, 0.3) is 0 Å². The van der Waals surface area contributed by atoms with E-state index in [1.165, 1.54) is 6.07 Å². The van der Waals surface area contributed by atoms with Crippen molar-refractivity contribution in [1.82, 2.24) is 10.3 Å². The zero-order chi connectivity index (χ0) is 16.2. The minimum absolute atomic E-state index is 0.0302. The number of fused-ring (bicyclic) bond motifs is 1. The molecule has 6 nitrogen and oxygen atoms in total. The molecule has 23 heavy (non-hydrogen) atoms. The largest absolute Gasteiger partial charge is 0.385 e. The summed E-state index contributed by atoms with van der Waals surface area (Å²) in [6, 6.07) is 10.2. The summed E-state index contributed by atoms with van der Waals surface area (Å²) >= 11 is 0. The van der Waals surface area contributed by atoms with Gasteiger partial charge in [0, 0.05) is 24.8 Å². The molecule has 1 unspecified atom stereocenters. The maximum atomic E-state index is 12.4. The number of aromatic nitrogens is 1. The first kappa shape index (κ1) is 15.3. The smallest absolute Gasteiger partial charge is 0.253 e. The Hall–Kier alpha value is -2.60. The van der Waals surface area contributed by atoms with Gasteiger partial charge >= 0.3 is 0 Å². The monoisotopic (exact) mass is 313 g/mol. The summed E-state index contributed by atoms with van der Waals surface area (Å²) in [5.41, 5.74) is 2.69. The van der Waals surface area contributed by atoms with Crippen LogP contribution in [0.15, 0.2) is 41.2 Å². The second-order valence-corrected chi connectivity index (χ2v) is 5.57. The quantitative estimate of drug-likeness (QED) is 0.682. The van der Waals surface area contributed by atoms with Gasteiger partial charge in [-0.1, -0.05) is 18.2 Å². The molecule has 1 aliphatic heterocycles. The lowest BCUT2D eigenvalue weighted by atomic mass is 9.99. The van der Waals surface area contributed by atoms with Crippen LogP contribution in [-0.2, 0) is 6.42 Å². The molecule has 1 atom stereocenters. The Labute approximate surface area is 133 Å². The number of aryl methyl sites for hydroxylation is 1. The van der Waals surface area contributed by atoms with E-state index in [-0.39, 0.29) is 18.0 Å². The standard InChI is InChI=1S/C17H19N3O3/c21-14(13-7-2-8-15(22)20-13)10-19-17(23)12-6-1-4-11-5-3-9-18-16(11)12/h1-2,4,6-8,14,18,21H,3,5,9-10H2,(H,19,23)(H,20,22). The SMILES string of the molecule is O=C(NCC(O)c1cccc(=O)[nH]1)c1cccc2c1NCCC2. The number of hydrogen-bond donors (Lipinski definition) is 4. The third-order valence-corrected chi connectivity index (χ3v) is 3.93. The summed E-state index contributed by atoms with van der Waals surface area (Å²) in [4.78, 5) is 26.2. The summed E-state index contributed by atoms with van der Waals surface area (Å²) in [6.07, 6.45) is 1.05. The third kappa shape index (κ3) is 3.43. The van der Waals surface area contributed by atoms with Gasteiger partial charge in [0.25, 0.3) is 5.91 Å². The number of carbonyl (C=O) groups is 1. The number of nitrogens with one attached hydrogen (secondary N) is 3. The molecule has 2 heterocycles. The van der Waals surface area contributed by atoms with Crippen molar-refractivity contribution in [3.05, 3.63) is 63.6 Å². The topological polar surface area (TPSA) is 94.2 Å². The van der Waals surface area contributed by atoms with Crippen molar-refractivity contribution in [3.63, 3.8) is 0 Å². The molecule has 1 aliphatic rings. The molecular formula is C17H19N3O3. The first-order chi connectivity index (χ1) is 11.1. The number of H-pyrrole nitrogens is 1. The summed E-state index contributed by atoms with van der Waals surface area (Å²) in [7, 11) is 0. The number of aliphatic hydroxyl groups is 1. The van der Waals surface area contributed by atoms with Crippen LogP contribution in [0.2, 0.25) is 0 Å². The number of benzene rings is 1. The lowest BCUT2D eigenvalue weighted by molar-refractivity contribution is 0.0914. The van der Waals surface area contributed by atoms with Gasteiger partial charge in [0.1, 0.15) is 6.10 Å². The molecular weight excluding hydrogens is 294 g/mol. The van der Waals surface area contributed by atoms with Gasteiger partial charge in [-0.05, 0) is 30.5 Å². The van der Waals surface area contributed by atoms with Crippen molar-refractivity contribution in [2.24, 2.45) is 0 Å². The highest BCUT2D eigenvalue weighted by molar-refractivity contribution is 6.00. The number of aromatic amines is 1. The van der Waals surface area contributed by atoms with E-state index in [4.69, 9.17) is 0 Å². The third-order valence-electron chi connectivity index (χ3n) is 3.93. The Morgan fingerprint density at radius 3 is 2.91 bits per heavy atom. The van der Waals surface area contributed by atoms with Gasteiger partial charge in [0.05, 0.1) is 11.3 Å². The fourth-order valence-corrected chi connectivity index (χ4v) is 2.75. The summed E-state index contributed by atoms with van der Waals surface area (Å²) < 4.78 is 0. The first-order valence-corrected chi connectivity index (χ1v) is 7.66. The zero-order valence-corrected chi connectivity index (χ0v) is 12.6. The molecule has 0 spiro atoms. The molecule has 1 amide bonds. The molecule has 1 aromatic heterocycles. The van der Waals surface area contributed by atoms with Gasteiger partial charge in [-0.15, -0.1) is 0 Å². The number of anilines is 1. The second-order valence-electron chi connectivity index (χ2n) is 5.57. The normalized spacial score (nSPS) is 14.5. The van der Waals surface area contributed by atoms with E-state index >= 15 is 0 Å². The van der Waals surface area contributed by atoms with Crippen LogP contribution in [0.4, 0.5) is 5.69 Å². The highest BCUT2D eigenvalue weighted by Crippen LogP contribution is 2.26. The van der Waals surface area contributed by atoms with E-state index in [1.807, 2.05) is 12.1 Å². The highest BCUT2D eigenvalue weighted by atomic mass is 16.3. The maximum absolute atomic E-state index is 12.4. The molecule has 0 aliphatic carbocycles. The molecule has 0 radical (unpaired) electrons. The molecule has 0 saturated carbocycles. The van der Waals surface area contributed by atoms with Crippen LogP contribution >= 0.6 is 0 Å². The number of carbonyl (C=O) groups excluding carboxylic acids is 1. The molecule has 1 aromatic carbocycles. The van der Waals surface area contributed by atoms with Crippen molar-refractivity contribution in [2.75, 3.05) is 18.4 Å². The van der Waals surface area contributed by atoms with Crippen molar-refractivity contribution in [2.45, 2.75) is 18.9 Å². The minimum atomic E-state index is -0.958. The summed E-state index contributed by atoms with van der Waals surface area (Å²) in [5, 5.41) is 16.1. The van der Waals surface area contributed by atoms with E-state index in [1.54, 1.807) is 18.2 Å². The Bertz CT molecular complexity index is 770. The zero-order valence-electron chi connectivity index (χ0n) is 12.6. The lowest BCUT2D eigenvalue weighted by Gasteiger charge is -2.21. The molecule has 120 valence electrons. The van der Waals surface area contributed by atoms with E-state index < -0.39 is 6.10 Å². The van der Waals surface area contributed by atoms with Crippen molar-refractivity contribution in [3.8, 4) is 0 Å². The Morgan fingerprint density at radius 2 is 2.09 bits per heavy atom. The fraction of sp³-hybridized carbons (Fsp3) is 0.294. The van der Waals surface area contributed by atoms with Gasteiger partial charge in [0.15, 0.2) is 0 Å². The van der Waals surface area contributed by atoms with Crippen LogP contribution in [0, 0.1) is 0 Å². The average molecular weight is 313 g/mol. The molecule has 4 N–H and O–H groups in total. The second kappa shape index (κ2) is 6.66. The number of rotatable bonds is 4. The first-order valence-electron chi connectivity index (χ1n) is 7.66. The van der Waals surface area contributed by atoms with Gasteiger partial charge in [-0.25, -0.2) is 0 Å². The number of amides is 1. The van der Waals surface area contributed by atoms with Crippen LogP contribution in [-0.4, -0.2) is 29.1 Å². The number of pyridine rings is 1. The molecule has 0 saturated heterocycles. The van der Waals surface area contributed by atoms with Crippen molar-refractivity contribution in [1.29, 1.82) is 0 Å². The van der Waals surface area contributed by atoms with Crippen molar-refractivity contribution < 1.29 is 9.90 Å². The van der Waals surface area contributed by atoms with Crippen LogP contribution < -0.4 is 16.2 Å². The number of aliphatic hydroxyl groups excluding tert-OH is 1. The van der Waals surface area contributed by atoms with Gasteiger partial charge in [-0.3, -0.25) is 9.59 Å². The number of para-hydroxylation sites is 1. The van der Waals surface area contributed by atoms with Crippen molar-refractivity contribution >= 4 is 11.6 Å². The Balaban J connectivity index is 1.69. The molecule has 0 bridgehead atoms. The van der Waals surface area contributed by atoms with E-state index in [0.29, 0.717) is 11.3 Å². The van der Waals surface area contributed by atoms with E-state index in [9.17, 15) is 14.7 Å². The van der Waals surface area contributed by atoms with Gasteiger partial charge in [0.2, 0.25) is 5.56 Å². The predicted molar refractivity (Wildman–Crippen MR) is 87.6 cm³/mol. The summed E-state index contributed by atoms with van der Waals surface area (Å²) in [6.45, 7) is 0.883. The summed E-state index contributed by atoms with van der Waals surface area (Å²) in [5.74, 6) is -0.242. The van der Waals surface area contributed by atoms with E-state index in [2.05, 4.69) is 15.6 Å². The van der Waals surface area contributed by atoms with E-state index in [0.717, 1.165) is 30.6 Å². The lowest BCUT2D eigenvalue weighted by Crippen LogP contribution is -2.30. The fourth-order valence-electron chi connectivity index (χ4n) is 2.75. The minimum Gasteiger partial charge on any atom is -0.385 e. The highest BCUT2D eigenvalue weighted by Gasteiger charge is 2.18. The molecule has 3 rings (SSSR count). The van der Waals surface area contributed by atoms with Crippen LogP contribution in [0.5, 0.6) is 0 Å². The number of hydrogen-bond acceptors (Lipinski definition) is 4.